The van der Waals surface area contributed by atoms with Crippen molar-refractivity contribution in [2.45, 2.75) is 6.54 Å². The first-order chi connectivity index (χ1) is 8.66. The molecule has 19 heavy (non-hydrogen) atoms. The molecule has 0 aromatic heterocycles. The van der Waals surface area contributed by atoms with Gasteiger partial charge in [-0.2, -0.15) is 11.8 Å². The third-order valence-corrected chi connectivity index (χ3v) is 4.35. The molecule has 7 heteroatoms. The molecule has 106 valence electrons. The zero-order chi connectivity index (χ0) is 13.0. The van der Waals surface area contributed by atoms with Crippen LogP contribution in [0.1, 0.15) is 5.56 Å². The molecule has 0 saturated carbocycles. The monoisotopic (exact) mass is 457 g/mol. The van der Waals surface area contributed by atoms with Crippen LogP contribution in [0, 0.1) is 0 Å². The number of hydrogen-bond acceptors (Lipinski definition) is 3. The van der Waals surface area contributed by atoms with Crippen molar-refractivity contribution in [1.29, 1.82) is 0 Å². The van der Waals surface area contributed by atoms with E-state index in [2.05, 4.69) is 25.8 Å². The number of nitrogens with two attached hydrogens (primary N) is 1. The Balaban J connectivity index is 0.00000180. The number of phenols is 1. The Bertz CT molecular complexity index is 453. The molecule has 2 rings (SSSR count). The molecular weight excluding hydrogens is 441 g/mol. The summed E-state index contributed by atoms with van der Waals surface area (Å²) in [6, 6.07) is 5.36. The minimum Gasteiger partial charge on any atom is -0.507 e. The summed E-state index contributed by atoms with van der Waals surface area (Å²) < 4.78 is 0.683. The summed E-state index contributed by atoms with van der Waals surface area (Å²) in [5.41, 5.74) is 6.99. The van der Waals surface area contributed by atoms with Crippen LogP contribution in [0.5, 0.6) is 5.75 Å². The van der Waals surface area contributed by atoms with Crippen molar-refractivity contribution in [2.24, 2.45) is 10.7 Å². The molecule has 0 amide bonds. The molecule has 3 N–H and O–H groups in total. The number of rotatable bonds is 2. The van der Waals surface area contributed by atoms with Gasteiger partial charge in [0.2, 0.25) is 0 Å². The highest BCUT2D eigenvalue weighted by Crippen LogP contribution is 2.24. The summed E-state index contributed by atoms with van der Waals surface area (Å²) in [6.45, 7) is 2.48. The van der Waals surface area contributed by atoms with E-state index in [0.29, 0.717) is 17.0 Å². The van der Waals surface area contributed by atoms with Gasteiger partial charge in [-0.25, -0.2) is 4.99 Å². The topological polar surface area (TPSA) is 61.9 Å². The van der Waals surface area contributed by atoms with Crippen molar-refractivity contribution in [3.8, 4) is 5.75 Å². The van der Waals surface area contributed by atoms with E-state index in [4.69, 9.17) is 5.73 Å². The van der Waals surface area contributed by atoms with Crippen LogP contribution in [0.2, 0.25) is 0 Å². The van der Waals surface area contributed by atoms with Crippen LogP contribution in [-0.2, 0) is 6.54 Å². The summed E-state index contributed by atoms with van der Waals surface area (Å²) in [7, 11) is 0. The fourth-order valence-electron chi connectivity index (χ4n) is 1.71. The van der Waals surface area contributed by atoms with Gasteiger partial charge in [-0.05, 0) is 33.6 Å². The molecule has 4 nitrogen and oxygen atoms in total. The van der Waals surface area contributed by atoms with Crippen LogP contribution in [0.15, 0.2) is 27.7 Å². The highest BCUT2D eigenvalue weighted by Gasteiger charge is 2.11. The van der Waals surface area contributed by atoms with Crippen molar-refractivity contribution in [3.63, 3.8) is 0 Å². The van der Waals surface area contributed by atoms with Crippen molar-refractivity contribution < 1.29 is 5.11 Å². The van der Waals surface area contributed by atoms with Crippen molar-refractivity contribution >= 4 is 57.6 Å². The third-order valence-electron chi connectivity index (χ3n) is 2.77. The molecule has 0 aliphatic carbocycles. The van der Waals surface area contributed by atoms with Gasteiger partial charge < -0.3 is 15.7 Å². The number of hydrogen-bond donors (Lipinski definition) is 2. The molecule has 1 saturated heterocycles. The molecule has 1 fully saturated rings. The maximum absolute atomic E-state index is 9.41. The molecule has 0 spiro atoms. The van der Waals surface area contributed by atoms with E-state index in [0.717, 1.165) is 30.2 Å². The van der Waals surface area contributed by atoms with Crippen molar-refractivity contribution in [3.05, 3.63) is 28.2 Å². The molecule has 1 heterocycles. The number of aliphatic imine (C=N–C) groups is 1. The smallest absolute Gasteiger partial charge is 0.191 e. The Kier molecular flexibility index (Phi) is 7.30. The molecule has 1 aromatic carbocycles. The van der Waals surface area contributed by atoms with Gasteiger partial charge in [0.1, 0.15) is 5.75 Å². The third kappa shape index (κ3) is 5.03. The van der Waals surface area contributed by atoms with E-state index in [9.17, 15) is 5.11 Å². The quantitative estimate of drug-likeness (QED) is 0.407. The van der Waals surface area contributed by atoms with Crippen molar-refractivity contribution in [2.75, 3.05) is 24.6 Å². The van der Waals surface area contributed by atoms with Gasteiger partial charge in [-0.15, -0.1) is 24.0 Å². The second-order valence-electron chi connectivity index (χ2n) is 4.06. The molecule has 0 radical (unpaired) electrons. The number of thioether (sulfide) groups is 1. The highest BCUT2D eigenvalue weighted by atomic mass is 127. The van der Waals surface area contributed by atoms with Gasteiger partial charge in [-0.3, -0.25) is 0 Å². The summed E-state index contributed by atoms with van der Waals surface area (Å²) >= 11 is 5.23. The molecule has 0 unspecified atom stereocenters. The molecule has 1 aliphatic heterocycles. The van der Waals surface area contributed by atoms with E-state index < -0.39 is 0 Å². The standard InChI is InChI=1S/C12H16BrN3OS.HI/c13-10-7-9(1-2-11(10)17)8-15-12(14)16-3-5-18-6-4-16;/h1-2,7,17H,3-6,8H2,(H2,14,15);1H. The second kappa shape index (κ2) is 8.21. The summed E-state index contributed by atoms with van der Waals surface area (Å²) in [6.07, 6.45) is 0. The Morgan fingerprint density at radius 2 is 2.11 bits per heavy atom. The van der Waals surface area contributed by atoms with Crippen LogP contribution in [0.25, 0.3) is 0 Å². The van der Waals surface area contributed by atoms with E-state index >= 15 is 0 Å². The Morgan fingerprint density at radius 1 is 1.42 bits per heavy atom. The number of nitrogens with zero attached hydrogens (tertiary/aromatic N) is 2. The second-order valence-corrected chi connectivity index (χ2v) is 6.14. The average Bonchev–Trinajstić information content (AvgIpc) is 2.41. The minimum atomic E-state index is 0. The maximum atomic E-state index is 9.41. The van der Waals surface area contributed by atoms with Crippen LogP contribution in [-0.4, -0.2) is 40.6 Å². The Labute approximate surface area is 143 Å². The lowest BCUT2D eigenvalue weighted by Crippen LogP contribution is -2.42. The normalized spacial score (nSPS) is 16.1. The number of halogens is 2. The predicted molar refractivity (Wildman–Crippen MR) is 95.4 cm³/mol. The van der Waals surface area contributed by atoms with Crippen LogP contribution < -0.4 is 5.73 Å². The molecule has 1 aromatic rings. The lowest BCUT2D eigenvalue weighted by molar-refractivity contribution is 0.455. The molecule has 0 bridgehead atoms. The largest absolute Gasteiger partial charge is 0.507 e. The first kappa shape index (κ1) is 16.9. The van der Waals surface area contributed by atoms with Crippen LogP contribution in [0.4, 0.5) is 0 Å². The zero-order valence-electron chi connectivity index (χ0n) is 10.4. The van der Waals surface area contributed by atoms with E-state index in [-0.39, 0.29) is 29.7 Å². The number of benzene rings is 1. The molecule has 1 aliphatic rings. The van der Waals surface area contributed by atoms with E-state index in [1.54, 1.807) is 6.07 Å². The summed E-state index contributed by atoms with van der Waals surface area (Å²) in [4.78, 5) is 6.51. The van der Waals surface area contributed by atoms with Crippen LogP contribution in [0.3, 0.4) is 0 Å². The van der Waals surface area contributed by atoms with Gasteiger partial charge in [-0.1, -0.05) is 6.07 Å². The van der Waals surface area contributed by atoms with Gasteiger partial charge in [0.25, 0.3) is 0 Å². The van der Waals surface area contributed by atoms with Crippen LogP contribution >= 0.6 is 51.7 Å². The average molecular weight is 458 g/mol. The molecule has 0 atom stereocenters. The SMILES string of the molecule is I.NC(=NCc1ccc(O)c(Br)c1)N1CCSCC1. The lowest BCUT2D eigenvalue weighted by atomic mass is 10.2. The Hall–Kier alpha value is -0.150. The highest BCUT2D eigenvalue weighted by molar-refractivity contribution is 14.0. The van der Waals surface area contributed by atoms with Gasteiger partial charge in [0.05, 0.1) is 11.0 Å². The van der Waals surface area contributed by atoms with Crippen molar-refractivity contribution in [1.82, 2.24) is 4.90 Å². The number of guanidine groups is 1. The number of phenolic OH excluding ortho intramolecular Hbond substituents is 1. The first-order valence-electron chi connectivity index (χ1n) is 5.77. The fourth-order valence-corrected chi connectivity index (χ4v) is 3.04. The van der Waals surface area contributed by atoms with E-state index in [1.165, 1.54) is 0 Å². The summed E-state index contributed by atoms with van der Waals surface area (Å²) in [5.74, 6) is 3.07. The Morgan fingerprint density at radius 3 is 2.74 bits per heavy atom. The fraction of sp³-hybridized carbons (Fsp3) is 0.417. The van der Waals surface area contributed by atoms with Gasteiger partial charge in [0, 0.05) is 24.6 Å². The van der Waals surface area contributed by atoms with Gasteiger partial charge >= 0.3 is 0 Å². The zero-order valence-corrected chi connectivity index (χ0v) is 15.1. The molecular formula is C12H17BrIN3OS. The summed E-state index contributed by atoms with van der Waals surface area (Å²) in [5, 5.41) is 9.41. The van der Waals surface area contributed by atoms with E-state index in [1.807, 2.05) is 23.9 Å². The maximum Gasteiger partial charge on any atom is 0.191 e. The first-order valence-corrected chi connectivity index (χ1v) is 7.71. The number of aromatic hydroxyl groups is 1. The van der Waals surface area contributed by atoms with Gasteiger partial charge in [0.15, 0.2) is 5.96 Å². The predicted octanol–water partition coefficient (Wildman–Crippen LogP) is 2.64. The lowest BCUT2D eigenvalue weighted by Gasteiger charge is -2.27. The minimum absolute atomic E-state index is 0.